The lowest BCUT2D eigenvalue weighted by Gasteiger charge is -2.23. The number of hydrogen-bond acceptors (Lipinski definition) is 3. The Morgan fingerprint density at radius 3 is 2.08 bits per heavy atom. The van der Waals surface area contributed by atoms with Gasteiger partial charge in [-0.1, -0.05) is 31.5 Å². The first kappa shape index (κ1) is 20.7. The van der Waals surface area contributed by atoms with Crippen LogP contribution in [0.4, 0.5) is 0 Å². The third-order valence-electron chi connectivity index (χ3n) is 3.49. The highest BCUT2D eigenvalue weighted by Crippen LogP contribution is 2.07. The third-order valence-corrected chi connectivity index (χ3v) is 3.49. The number of nitrogens with one attached hydrogen (secondary N) is 3. The summed E-state index contributed by atoms with van der Waals surface area (Å²) in [6, 6.07) is 6.41. The third kappa shape index (κ3) is 7.37. The molecule has 0 heterocycles. The van der Waals surface area contributed by atoms with Gasteiger partial charge in [0, 0.05) is 11.1 Å². The monoisotopic (exact) mass is 347 g/mol. The second kappa shape index (κ2) is 8.65. The maximum absolute atomic E-state index is 12.4. The molecule has 0 aromatic heterocycles. The second-order valence-corrected chi connectivity index (χ2v) is 7.58. The molecule has 0 aliphatic rings. The molecular formula is C19H29N3O3. The van der Waals surface area contributed by atoms with Crippen LogP contribution < -0.4 is 16.0 Å². The molecule has 0 fully saturated rings. The first-order chi connectivity index (χ1) is 11.5. The zero-order chi connectivity index (χ0) is 19.2. The zero-order valence-electron chi connectivity index (χ0n) is 15.9. The Labute approximate surface area is 149 Å². The van der Waals surface area contributed by atoms with E-state index in [2.05, 4.69) is 16.0 Å². The molecule has 1 aromatic rings. The number of carbonyl (C=O) groups excluding carboxylic acids is 3. The molecule has 6 nitrogen and oxygen atoms in total. The van der Waals surface area contributed by atoms with Crippen molar-refractivity contribution in [3.8, 4) is 0 Å². The highest BCUT2D eigenvalue weighted by atomic mass is 16.2. The summed E-state index contributed by atoms with van der Waals surface area (Å²) < 4.78 is 0. The molecule has 25 heavy (non-hydrogen) atoms. The predicted octanol–water partition coefficient (Wildman–Crippen LogP) is 1.78. The van der Waals surface area contributed by atoms with Gasteiger partial charge in [-0.25, -0.2) is 0 Å². The van der Waals surface area contributed by atoms with E-state index in [9.17, 15) is 14.4 Å². The van der Waals surface area contributed by atoms with Gasteiger partial charge in [0.15, 0.2) is 0 Å². The Bertz CT molecular complexity index is 616. The van der Waals surface area contributed by atoms with Crippen LogP contribution in [0.3, 0.4) is 0 Å². The SMILES string of the molecule is Cc1ccc(C(=O)NC(C(=O)NCC(=O)NC(C)(C)C)C(C)C)cc1. The second-order valence-electron chi connectivity index (χ2n) is 7.58. The molecule has 0 saturated heterocycles. The summed E-state index contributed by atoms with van der Waals surface area (Å²) in [4.78, 5) is 36.5. The van der Waals surface area contributed by atoms with Gasteiger partial charge in [0.25, 0.3) is 5.91 Å². The topological polar surface area (TPSA) is 87.3 Å². The molecule has 0 spiro atoms. The number of hydrogen-bond donors (Lipinski definition) is 3. The van der Waals surface area contributed by atoms with Gasteiger partial charge in [0.05, 0.1) is 6.54 Å². The van der Waals surface area contributed by atoms with Crippen LogP contribution in [0.5, 0.6) is 0 Å². The van der Waals surface area contributed by atoms with Gasteiger partial charge >= 0.3 is 0 Å². The number of benzene rings is 1. The lowest BCUT2D eigenvalue weighted by molar-refractivity contribution is -0.128. The van der Waals surface area contributed by atoms with Gasteiger partial charge in [0.1, 0.15) is 6.04 Å². The van der Waals surface area contributed by atoms with Gasteiger partial charge in [-0.05, 0) is 45.7 Å². The predicted molar refractivity (Wildman–Crippen MR) is 98.2 cm³/mol. The van der Waals surface area contributed by atoms with Crippen molar-refractivity contribution in [1.29, 1.82) is 0 Å². The minimum Gasteiger partial charge on any atom is -0.350 e. The van der Waals surface area contributed by atoms with E-state index in [0.29, 0.717) is 5.56 Å². The zero-order valence-corrected chi connectivity index (χ0v) is 15.9. The summed E-state index contributed by atoms with van der Waals surface area (Å²) in [6.07, 6.45) is 0. The van der Waals surface area contributed by atoms with Crippen molar-refractivity contribution in [2.45, 2.75) is 53.1 Å². The molecular weight excluding hydrogens is 318 g/mol. The van der Waals surface area contributed by atoms with Gasteiger partial charge in [-0.2, -0.15) is 0 Å². The summed E-state index contributed by atoms with van der Waals surface area (Å²) >= 11 is 0. The lowest BCUT2D eigenvalue weighted by atomic mass is 10.0. The van der Waals surface area contributed by atoms with E-state index in [4.69, 9.17) is 0 Å². The van der Waals surface area contributed by atoms with Crippen LogP contribution in [-0.4, -0.2) is 35.8 Å². The molecule has 6 heteroatoms. The Morgan fingerprint density at radius 2 is 1.60 bits per heavy atom. The van der Waals surface area contributed by atoms with Gasteiger partial charge in [0.2, 0.25) is 11.8 Å². The maximum Gasteiger partial charge on any atom is 0.251 e. The molecule has 1 rings (SSSR count). The molecule has 0 radical (unpaired) electrons. The number of rotatable bonds is 6. The number of aryl methyl sites for hydroxylation is 1. The molecule has 0 bridgehead atoms. The Hall–Kier alpha value is -2.37. The van der Waals surface area contributed by atoms with E-state index in [1.54, 1.807) is 12.1 Å². The summed E-state index contributed by atoms with van der Waals surface area (Å²) in [5.41, 5.74) is 1.19. The van der Waals surface area contributed by atoms with Crippen molar-refractivity contribution in [2.24, 2.45) is 5.92 Å². The minimum absolute atomic E-state index is 0.111. The first-order valence-corrected chi connectivity index (χ1v) is 8.46. The average molecular weight is 347 g/mol. The van der Waals surface area contributed by atoms with E-state index in [1.165, 1.54) is 0 Å². The molecule has 3 amide bonds. The van der Waals surface area contributed by atoms with Crippen molar-refractivity contribution in [2.75, 3.05) is 6.54 Å². The van der Waals surface area contributed by atoms with E-state index in [0.717, 1.165) is 5.56 Å². The summed E-state index contributed by atoms with van der Waals surface area (Å²) in [5, 5.41) is 8.10. The normalized spacial score (nSPS) is 12.4. The van der Waals surface area contributed by atoms with Crippen LogP contribution in [0, 0.1) is 12.8 Å². The molecule has 0 aliphatic heterocycles. The standard InChI is InChI=1S/C19H29N3O3/c1-12(2)16(18(25)20-11-15(23)22-19(4,5)6)21-17(24)14-9-7-13(3)8-10-14/h7-10,12,16H,11H2,1-6H3,(H,20,25)(H,21,24)(H,22,23). The molecule has 3 N–H and O–H groups in total. The number of amides is 3. The molecule has 1 atom stereocenters. The molecule has 138 valence electrons. The van der Waals surface area contributed by atoms with Crippen molar-refractivity contribution in [3.63, 3.8) is 0 Å². The van der Waals surface area contributed by atoms with Crippen LogP contribution >= 0.6 is 0 Å². The van der Waals surface area contributed by atoms with E-state index in [-0.39, 0.29) is 35.7 Å². The quantitative estimate of drug-likeness (QED) is 0.733. The largest absolute Gasteiger partial charge is 0.350 e. The number of carbonyl (C=O) groups is 3. The first-order valence-electron chi connectivity index (χ1n) is 8.46. The summed E-state index contributed by atoms with van der Waals surface area (Å²) in [6.45, 7) is 11.1. The van der Waals surface area contributed by atoms with Crippen molar-refractivity contribution >= 4 is 17.7 Å². The van der Waals surface area contributed by atoms with Crippen LogP contribution in [0.15, 0.2) is 24.3 Å². The Kier molecular flexibility index (Phi) is 7.15. The lowest BCUT2D eigenvalue weighted by Crippen LogP contribution is -2.52. The van der Waals surface area contributed by atoms with Gasteiger partial charge in [-0.15, -0.1) is 0 Å². The fourth-order valence-electron chi connectivity index (χ4n) is 2.20. The molecule has 1 unspecified atom stereocenters. The highest BCUT2D eigenvalue weighted by molar-refractivity contribution is 5.98. The van der Waals surface area contributed by atoms with E-state index >= 15 is 0 Å². The minimum atomic E-state index is -0.712. The summed E-state index contributed by atoms with van der Waals surface area (Å²) in [5.74, 6) is -1.07. The van der Waals surface area contributed by atoms with Gasteiger partial charge < -0.3 is 16.0 Å². The maximum atomic E-state index is 12.4. The van der Waals surface area contributed by atoms with Crippen LogP contribution in [0.1, 0.15) is 50.5 Å². The van der Waals surface area contributed by atoms with E-state index < -0.39 is 6.04 Å². The van der Waals surface area contributed by atoms with Crippen molar-refractivity contribution in [1.82, 2.24) is 16.0 Å². The van der Waals surface area contributed by atoms with Gasteiger partial charge in [-0.3, -0.25) is 14.4 Å². The van der Waals surface area contributed by atoms with E-state index in [1.807, 2.05) is 53.7 Å². The smallest absolute Gasteiger partial charge is 0.251 e. The van der Waals surface area contributed by atoms with Crippen molar-refractivity contribution < 1.29 is 14.4 Å². The van der Waals surface area contributed by atoms with Crippen LogP contribution in [-0.2, 0) is 9.59 Å². The highest BCUT2D eigenvalue weighted by Gasteiger charge is 2.25. The molecule has 0 aliphatic carbocycles. The Morgan fingerprint density at radius 1 is 1.04 bits per heavy atom. The Balaban J connectivity index is 2.66. The van der Waals surface area contributed by atoms with Crippen LogP contribution in [0.2, 0.25) is 0 Å². The van der Waals surface area contributed by atoms with Crippen molar-refractivity contribution in [3.05, 3.63) is 35.4 Å². The average Bonchev–Trinajstić information content (AvgIpc) is 2.48. The molecule has 1 aromatic carbocycles. The molecule has 0 saturated carbocycles. The fraction of sp³-hybridized carbons (Fsp3) is 0.526. The van der Waals surface area contributed by atoms with Crippen LogP contribution in [0.25, 0.3) is 0 Å². The fourth-order valence-corrected chi connectivity index (χ4v) is 2.20. The summed E-state index contributed by atoms with van der Waals surface area (Å²) in [7, 11) is 0.